The predicted molar refractivity (Wildman–Crippen MR) is 103 cm³/mol. The highest BCUT2D eigenvalue weighted by atomic mass is 16.5. The van der Waals surface area contributed by atoms with E-state index in [1.165, 1.54) is 6.21 Å². The Bertz CT molecular complexity index is 1050. The highest BCUT2D eigenvalue weighted by Gasteiger charge is 2.15. The average Bonchev–Trinajstić information content (AvgIpc) is 2.88. The Kier molecular flexibility index (Phi) is 5.21. The van der Waals surface area contributed by atoms with E-state index in [1.54, 1.807) is 40.7 Å². The lowest BCUT2D eigenvalue weighted by Gasteiger charge is -2.07. The molecule has 0 aliphatic rings. The molecule has 3 rings (SSSR count). The lowest BCUT2D eigenvalue weighted by atomic mass is 10.2. The number of rotatable bonds is 6. The van der Waals surface area contributed by atoms with Gasteiger partial charge in [-0.3, -0.25) is 9.48 Å². The molecule has 7 heteroatoms. The number of aliphatic imine (C=N–C) groups is 1. The molecule has 1 heterocycles. The summed E-state index contributed by atoms with van der Waals surface area (Å²) < 4.78 is 8.56. The van der Waals surface area contributed by atoms with Crippen molar-refractivity contribution in [1.29, 1.82) is 0 Å². The molecule has 0 fully saturated rings. The minimum atomic E-state index is -1.06. The number of ether oxygens (including phenoxy) is 1. The van der Waals surface area contributed by atoms with E-state index in [0.29, 0.717) is 22.7 Å². The predicted octanol–water partition coefficient (Wildman–Crippen LogP) is 2.70. The van der Waals surface area contributed by atoms with E-state index in [1.807, 2.05) is 37.3 Å². The molecule has 0 atom stereocenters. The molecule has 1 aromatic heterocycles. The van der Waals surface area contributed by atoms with Crippen LogP contribution in [-0.4, -0.2) is 33.3 Å². The van der Waals surface area contributed by atoms with Crippen LogP contribution in [0.4, 0.5) is 5.69 Å². The zero-order chi connectivity index (χ0) is 19.4. The van der Waals surface area contributed by atoms with Gasteiger partial charge in [0.2, 0.25) is 0 Å². The molecule has 0 saturated heterocycles. The van der Waals surface area contributed by atoms with Crippen LogP contribution in [0.2, 0.25) is 0 Å². The zero-order valence-corrected chi connectivity index (χ0v) is 15.0. The average molecular weight is 365 g/mol. The number of hydrogen-bond donors (Lipinski definition) is 1. The summed E-state index contributed by atoms with van der Waals surface area (Å²) in [6.45, 7) is 1.37. The van der Waals surface area contributed by atoms with E-state index < -0.39 is 12.6 Å². The number of carbonyl (C=O) groups is 1. The molecule has 27 heavy (non-hydrogen) atoms. The summed E-state index contributed by atoms with van der Waals surface area (Å²) in [7, 11) is 1.80. The molecule has 7 nitrogen and oxygen atoms in total. The molecular formula is C20H19N3O4. The Morgan fingerprint density at radius 2 is 1.81 bits per heavy atom. The number of carboxylic acids is 1. The van der Waals surface area contributed by atoms with E-state index in [-0.39, 0.29) is 5.56 Å². The maximum atomic E-state index is 12.9. The van der Waals surface area contributed by atoms with Crippen LogP contribution < -0.4 is 10.3 Å². The number of hydrogen-bond acceptors (Lipinski definition) is 4. The highest BCUT2D eigenvalue weighted by molar-refractivity contribution is 5.85. The van der Waals surface area contributed by atoms with E-state index in [2.05, 4.69) is 4.99 Å². The van der Waals surface area contributed by atoms with Gasteiger partial charge >= 0.3 is 5.97 Å². The number of carboxylic acid groups (broad SMARTS) is 1. The third kappa shape index (κ3) is 3.82. The van der Waals surface area contributed by atoms with Gasteiger partial charge < -0.3 is 9.84 Å². The number of para-hydroxylation sites is 2. The van der Waals surface area contributed by atoms with Gasteiger partial charge in [0.05, 0.1) is 11.4 Å². The third-order valence-electron chi connectivity index (χ3n) is 4.13. The summed E-state index contributed by atoms with van der Waals surface area (Å²) in [4.78, 5) is 27.9. The van der Waals surface area contributed by atoms with Crippen molar-refractivity contribution in [3.8, 4) is 11.4 Å². The van der Waals surface area contributed by atoms with Crippen molar-refractivity contribution in [3.05, 3.63) is 76.2 Å². The van der Waals surface area contributed by atoms with Crippen molar-refractivity contribution in [3.63, 3.8) is 0 Å². The maximum absolute atomic E-state index is 12.9. The molecule has 0 radical (unpaired) electrons. The maximum Gasteiger partial charge on any atom is 0.341 e. The SMILES string of the molecule is Cc1c(N=Cc2ccccc2OCC(=O)O)c(=O)n(-c2ccccc2)n1C. The first kappa shape index (κ1) is 18.2. The zero-order valence-electron chi connectivity index (χ0n) is 15.0. The Balaban J connectivity index is 1.98. The van der Waals surface area contributed by atoms with Crippen LogP contribution in [0, 0.1) is 6.92 Å². The molecule has 0 aliphatic carbocycles. The summed E-state index contributed by atoms with van der Waals surface area (Å²) in [5.74, 6) is -0.674. The van der Waals surface area contributed by atoms with Gasteiger partial charge in [0, 0.05) is 18.8 Å². The smallest absolute Gasteiger partial charge is 0.341 e. The topological polar surface area (TPSA) is 85.8 Å². The lowest BCUT2D eigenvalue weighted by molar-refractivity contribution is -0.139. The molecule has 138 valence electrons. The van der Waals surface area contributed by atoms with Gasteiger partial charge in [0.25, 0.3) is 5.56 Å². The second-order valence-corrected chi connectivity index (χ2v) is 5.89. The van der Waals surface area contributed by atoms with Crippen LogP contribution in [0.5, 0.6) is 5.75 Å². The monoisotopic (exact) mass is 365 g/mol. The van der Waals surface area contributed by atoms with Crippen LogP contribution in [0.3, 0.4) is 0 Å². The second kappa shape index (κ2) is 7.74. The number of benzene rings is 2. The van der Waals surface area contributed by atoms with E-state index in [0.717, 1.165) is 5.69 Å². The molecular weight excluding hydrogens is 346 g/mol. The van der Waals surface area contributed by atoms with Crippen molar-refractivity contribution < 1.29 is 14.6 Å². The van der Waals surface area contributed by atoms with Crippen LogP contribution in [0.15, 0.2) is 64.4 Å². The minimum absolute atomic E-state index is 0.235. The van der Waals surface area contributed by atoms with Crippen molar-refractivity contribution in [2.45, 2.75) is 6.92 Å². The fraction of sp³-hybridized carbons (Fsp3) is 0.150. The van der Waals surface area contributed by atoms with E-state index >= 15 is 0 Å². The first-order chi connectivity index (χ1) is 13.0. The number of aliphatic carboxylic acids is 1. The van der Waals surface area contributed by atoms with Gasteiger partial charge in [-0.15, -0.1) is 0 Å². The van der Waals surface area contributed by atoms with Crippen LogP contribution in [0.25, 0.3) is 5.69 Å². The van der Waals surface area contributed by atoms with Crippen molar-refractivity contribution >= 4 is 17.9 Å². The largest absolute Gasteiger partial charge is 0.481 e. The van der Waals surface area contributed by atoms with Crippen molar-refractivity contribution in [2.75, 3.05) is 6.61 Å². The van der Waals surface area contributed by atoms with Crippen molar-refractivity contribution in [1.82, 2.24) is 9.36 Å². The summed E-state index contributed by atoms with van der Waals surface area (Å²) in [6.07, 6.45) is 1.51. The normalized spacial score (nSPS) is 11.0. The van der Waals surface area contributed by atoms with Gasteiger partial charge in [-0.2, -0.15) is 0 Å². The summed E-state index contributed by atoms with van der Waals surface area (Å²) in [5.41, 5.74) is 2.13. The molecule has 2 aromatic carbocycles. The van der Waals surface area contributed by atoms with E-state index in [9.17, 15) is 9.59 Å². The first-order valence-electron chi connectivity index (χ1n) is 8.30. The summed E-state index contributed by atoms with van der Waals surface area (Å²) in [6, 6.07) is 16.2. The number of nitrogens with zero attached hydrogens (tertiary/aromatic N) is 3. The fourth-order valence-corrected chi connectivity index (χ4v) is 2.70. The Labute approximate surface area is 155 Å². The molecule has 0 spiro atoms. The Morgan fingerprint density at radius 1 is 1.15 bits per heavy atom. The van der Waals surface area contributed by atoms with Gasteiger partial charge in [0.15, 0.2) is 12.3 Å². The van der Waals surface area contributed by atoms with Crippen molar-refractivity contribution in [2.24, 2.45) is 12.0 Å². The van der Waals surface area contributed by atoms with Gasteiger partial charge in [-0.05, 0) is 31.2 Å². The third-order valence-corrected chi connectivity index (χ3v) is 4.13. The fourth-order valence-electron chi connectivity index (χ4n) is 2.70. The first-order valence-corrected chi connectivity index (χ1v) is 8.30. The van der Waals surface area contributed by atoms with Gasteiger partial charge in [-0.25, -0.2) is 14.5 Å². The van der Waals surface area contributed by atoms with Crippen LogP contribution in [0.1, 0.15) is 11.3 Å². The Hall–Kier alpha value is -3.61. The standard InChI is InChI=1S/C20H19N3O4/c1-14-19(20(26)23(22(14)2)16-9-4-3-5-10-16)21-12-15-8-6-7-11-17(15)27-13-18(24)25/h3-12H,13H2,1-2H3,(H,24,25). The van der Waals surface area contributed by atoms with Gasteiger partial charge in [-0.1, -0.05) is 30.3 Å². The molecule has 0 amide bonds. The molecule has 1 N–H and O–H groups in total. The summed E-state index contributed by atoms with van der Waals surface area (Å²) in [5, 5.41) is 8.78. The molecule has 0 unspecified atom stereocenters. The molecule has 0 bridgehead atoms. The highest BCUT2D eigenvalue weighted by Crippen LogP contribution is 2.19. The second-order valence-electron chi connectivity index (χ2n) is 5.89. The molecule has 0 aliphatic heterocycles. The molecule has 0 saturated carbocycles. The van der Waals surface area contributed by atoms with Gasteiger partial charge in [0.1, 0.15) is 5.75 Å². The Morgan fingerprint density at radius 3 is 2.52 bits per heavy atom. The quantitative estimate of drug-likeness (QED) is 0.681. The number of aromatic nitrogens is 2. The lowest BCUT2D eigenvalue weighted by Crippen LogP contribution is -2.19. The summed E-state index contributed by atoms with van der Waals surface area (Å²) >= 11 is 0. The van der Waals surface area contributed by atoms with E-state index in [4.69, 9.17) is 9.84 Å². The van der Waals surface area contributed by atoms with Crippen LogP contribution in [-0.2, 0) is 11.8 Å². The molecule has 3 aromatic rings. The minimum Gasteiger partial charge on any atom is -0.481 e. The van der Waals surface area contributed by atoms with Crippen LogP contribution >= 0.6 is 0 Å².